The highest BCUT2D eigenvalue weighted by Gasteiger charge is 2.29. The first-order valence-corrected chi connectivity index (χ1v) is 9.50. The highest BCUT2D eigenvalue weighted by molar-refractivity contribution is 5.50. The zero-order valence-electron chi connectivity index (χ0n) is 16.1. The van der Waals surface area contributed by atoms with Crippen molar-refractivity contribution in [2.24, 2.45) is 5.92 Å². The number of hydrogen-bond donors (Lipinski definition) is 3. The van der Waals surface area contributed by atoms with Gasteiger partial charge < -0.3 is 15.3 Å². The fourth-order valence-corrected chi connectivity index (χ4v) is 4.12. The Balaban J connectivity index is 1.97. The van der Waals surface area contributed by atoms with Crippen LogP contribution in [0.3, 0.4) is 0 Å². The van der Waals surface area contributed by atoms with Gasteiger partial charge in [-0.3, -0.25) is 0 Å². The molecule has 0 aliphatic heterocycles. The van der Waals surface area contributed by atoms with Gasteiger partial charge in [0.2, 0.25) is 0 Å². The topological polar surface area (TPSA) is 60.7 Å². The van der Waals surface area contributed by atoms with Crippen molar-refractivity contribution in [1.29, 1.82) is 0 Å². The largest absolute Gasteiger partial charge is 0.508 e. The number of hydrogen-bond acceptors (Lipinski definition) is 3. The maximum Gasteiger partial charge on any atom is 0.123 e. The third-order valence-electron chi connectivity index (χ3n) is 5.56. The minimum absolute atomic E-state index is 0.0756. The van der Waals surface area contributed by atoms with E-state index in [0.717, 1.165) is 41.5 Å². The van der Waals surface area contributed by atoms with Gasteiger partial charge in [-0.1, -0.05) is 35.9 Å². The van der Waals surface area contributed by atoms with Crippen molar-refractivity contribution in [2.45, 2.75) is 45.4 Å². The summed E-state index contributed by atoms with van der Waals surface area (Å²) in [7, 11) is 0. The predicted octanol–water partition coefficient (Wildman–Crippen LogP) is 5.60. The smallest absolute Gasteiger partial charge is 0.123 e. The van der Waals surface area contributed by atoms with Crippen LogP contribution in [0, 0.1) is 5.92 Å². The van der Waals surface area contributed by atoms with Crippen LogP contribution in [0.5, 0.6) is 17.2 Å². The van der Waals surface area contributed by atoms with E-state index in [1.165, 1.54) is 11.6 Å². The molecule has 3 rings (SSSR count). The number of aryl methyl sites for hydroxylation is 2. The summed E-state index contributed by atoms with van der Waals surface area (Å²) in [5.41, 5.74) is 5.42. The number of phenols is 3. The summed E-state index contributed by atoms with van der Waals surface area (Å²) in [6.07, 6.45) is 5.80. The first-order chi connectivity index (χ1) is 12.8. The van der Waals surface area contributed by atoms with Gasteiger partial charge in [-0.15, -0.1) is 0 Å². The molecule has 0 aromatic heterocycles. The van der Waals surface area contributed by atoms with Crippen LogP contribution in [0.2, 0.25) is 0 Å². The van der Waals surface area contributed by atoms with Crippen LogP contribution in [0.4, 0.5) is 0 Å². The lowest BCUT2D eigenvalue weighted by Gasteiger charge is -2.32. The molecule has 0 heterocycles. The van der Waals surface area contributed by atoms with Crippen LogP contribution in [0.25, 0.3) is 0 Å². The van der Waals surface area contributed by atoms with E-state index in [1.807, 2.05) is 12.1 Å². The molecule has 1 aliphatic carbocycles. The average Bonchev–Trinajstić information content (AvgIpc) is 2.60. The monoisotopic (exact) mass is 364 g/mol. The van der Waals surface area contributed by atoms with E-state index in [1.54, 1.807) is 18.2 Å². The summed E-state index contributed by atoms with van der Waals surface area (Å²) in [5, 5.41) is 30.2. The Morgan fingerprint density at radius 3 is 2.41 bits per heavy atom. The van der Waals surface area contributed by atoms with Crippen LogP contribution >= 0.6 is 0 Å². The number of phenolic OH excluding ortho intramolecular Hbond substituents is 3. The lowest BCUT2D eigenvalue weighted by molar-refractivity contribution is 0.423. The molecular weight excluding hydrogens is 336 g/mol. The first kappa shape index (κ1) is 19.1. The van der Waals surface area contributed by atoms with Gasteiger partial charge in [0.15, 0.2) is 0 Å². The maximum absolute atomic E-state index is 10.7. The molecule has 1 aliphatic rings. The van der Waals surface area contributed by atoms with Crippen molar-refractivity contribution in [3.05, 3.63) is 76.9 Å². The molecule has 0 saturated heterocycles. The lowest BCUT2D eigenvalue weighted by Crippen LogP contribution is -2.18. The van der Waals surface area contributed by atoms with Crippen LogP contribution in [-0.2, 0) is 12.8 Å². The third-order valence-corrected chi connectivity index (χ3v) is 5.56. The first-order valence-electron chi connectivity index (χ1n) is 9.50. The van der Waals surface area contributed by atoms with Crippen LogP contribution < -0.4 is 0 Å². The van der Waals surface area contributed by atoms with Gasteiger partial charge >= 0.3 is 0 Å². The minimum Gasteiger partial charge on any atom is -0.508 e. The van der Waals surface area contributed by atoms with Gasteiger partial charge in [0.25, 0.3) is 0 Å². The Morgan fingerprint density at radius 2 is 1.74 bits per heavy atom. The van der Waals surface area contributed by atoms with Crippen molar-refractivity contribution in [2.75, 3.05) is 0 Å². The van der Waals surface area contributed by atoms with Crippen LogP contribution in [0.15, 0.2) is 60.2 Å². The molecule has 0 saturated carbocycles. The molecule has 0 radical (unpaired) electrons. The minimum atomic E-state index is 0.0756. The lowest BCUT2D eigenvalue weighted by atomic mass is 9.72. The zero-order valence-corrected chi connectivity index (χ0v) is 16.1. The Hall–Kier alpha value is -2.68. The second kappa shape index (κ2) is 7.91. The van der Waals surface area contributed by atoms with E-state index in [-0.39, 0.29) is 29.1 Å². The highest BCUT2D eigenvalue weighted by atomic mass is 16.3. The molecule has 3 nitrogen and oxygen atoms in total. The average molecular weight is 364 g/mol. The molecule has 0 bridgehead atoms. The highest BCUT2D eigenvalue weighted by Crippen LogP contribution is 2.45. The molecule has 0 fully saturated rings. The molecule has 2 aromatic rings. The van der Waals surface area contributed by atoms with Gasteiger partial charge in [0.1, 0.15) is 17.2 Å². The van der Waals surface area contributed by atoms with Gasteiger partial charge in [0, 0.05) is 17.5 Å². The summed E-state index contributed by atoms with van der Waals surface area (Å²) < 4.78 is 0. The summed E-state index contributed by atoms with van der Waals surface area (Å²) >= 11 is 0. The SMILES string of the molecule is C=C(C)C1CCC(C)=CC1c1c(O)cc(O)cc1CCc1ccc(O)cc1. The van der Waals surface area contributed by atoms with E-state index < -0.39 is 0 Å². The fourth-order valence-electron chi connectivity index (χ4n) is 4.12. The molecule has 0 amide bonds. The second-order valence-corrected chi connectivity index (χ2v) is 7.73. The van der Waals surface area contributed by atoms with Crippen molar-refractivity contribution >= 4 is 0 Å². The Labute approximate surface area is 161 Å². The van der Waals surface area contributed by atoms with Gasteiger partial charge in [0.05, 0.1) is 0 Å². The van der Waals surface area contributed by atoms with Crippen LogP contribution in [-0.4, -0.2) is 15.3 Å². The maximum atomic E-state index is 10.7. The molecule has 2 unspecified atom stereocenters. The number of allylic oxidation sites excluding steroid dienone is 3. The normalized spacial score (nSPS) is 19.6. The van der Waals surface area contributed by atoms with Crippen molar-refractivity contribution in [3.63, 3.8) is 0 Å². The molecular formula is C24H28O3. The Bertz CT molecular complexity index is 862. The van der Waals surface area contributed by atoms with E-state index >= 15 is 0 Å². The fraction of sp³-hybridized carbons (Fsp3) is 0.333. The molecule has 2 atom stereocenters. The number of benzene rings is 2. The van der Waals surface area contributed by atoms with Crippen LogP contribution in [0.1, 0.15) is 49.3 Å². The Kier molecular flexibility index (Phi) is 5.59. The van der Waals surface area contributed by atoms with Gasteiger partial charge in [-0.2, -0.15) is 0 Å². The molecule has 142 valence electrons. The van der Waals surface area contributed by atoms with E-state index in [4.69, 9.17) is 0 Å². The molecule has 3 N–H and O–H groups in total. The number of rotatable bonds is 5. The standard InChI is InChI=1S/C24H28O3/c1-15(2)21-11-4-16(3)12-22(21)24-18(13-20(26)14-23(24)27)8-5-17-6-9-19(25)10-7-17/h6-7,9-10,12-14,21-22,25-27H,1,4-5,8,11H2,2-3H3. The summed E-state index contributed by atoms with van der Waals surface area (Å²) in [5.74, 6) is 0.850. The molecule has 0 spiro atoms. The van der Waals surface area contributed by atoms with Gasteiger partial charge in [-0.25, -0.2) is 0 Å². The predicted molar refractivity (Wildman–Crippen MR) is 109 cm³/mol. The van der Waals surface area contributed by atoms with Crippen molar-refractivity contribution in [1.82, 2.24) is 0 Å². The van der Waals surface area contributed by atoms with Crippen molar-refractivity contribution < 1.29 is 15.3 Å². The second-order valence-electron chi connectivity index (χ2n) is 7.73. The molecule has 3 heteroatoms. The zero-order chi connectivity index (χ0) is 19.6. The van der Waals surface area contributed by atoms with Crippen molar-refractivity contribution in [3.8, 4) is 17.2 Å². The summed E-state index contributed by atoms with van der Waals surface area (Å²) in [6, 6.07) is 10.4. The quantitative estimate of drug-likeness (QED) is 0.605. The van der Waals surface area contributed by atoms with E-state index in [0.29, 0.717) is 6.42 Å². The van der Waals surface area contributed by atoms with Gasteiger partial charge in [-0.05, 0) is 74.8 Å². The molecule has 2 aromatic carbocycles. The summed E-state index contributed by atoms with van der Waals surface area (Å²) in [6.45, 7) is 8.36. The molecule has 27 heavy (non-hydrogen) atoms. The number of aromatic hydroxyl groups is 3. The van der Waals surface area contributed by atoms with E-state index in [2.05, 4.69) is 26.5 Å². The van der Waals surface area contributed by atoms with E-state index in [9.17, 15) is 15.3 Å². The third kappa shape index (κ3) is 4.36. The Morgan fingerprint density at radius 1 is 1.04 bits per heavy atom. The summed E-state index contributed by atoms with van der Waals surface area (Å²) in [4.78, 5) is 0.